The number of carbonyl (C=O) groups excluding carboxylic acids is 2. The molecule has 1 aliphatic rings. The molecule has 3 rings (SSSR count). The van der Waals surface area contributed by atoms with Gasteiger partial charge in [-0.15, -0.1) is 0 Å². The molecular formula is C21H27N3O3. The Kier molecular flexibility index (Phi) is 5.35. The summed E-state index contributed by atoms with van der Waals surface area (Å²) in [5.41, 5.74) is 2.85. The van der Waals surface area contributed by atoms with Crippen molar-refractivity contribution in [3.05, 3.63) is 47.3 Å². The number of nitrogens with zero attached hydrogens (tertiary/aromatic N) is 3. The standard InChI is InChI=1S/C21H27N3O3/c1-21(2,3)24-18-11-12-23(14-16(18)13-22-24)20(26)10-9-19(25)15-5-7-17(27-4)8-6-15/h5-8,13H,9-12,14H2,1-4H3. The highest BCUT2D eigenvalue weighted by molar-refractivity contribution is 5.98. The van der Waals surface area contributed by atoms with Gasteiger partial charge in [-0.1, -0.05) is 0 Å². The van der Waals surface area contributed by atoms with Crippen LogP contribution in [0.15, 0.2) is 30.5 Å². The van der Waals surface area contributed by atoms with Gasteiger partial charge in [-0.05, 0) is 45.0 Å². The van der Waals surface area contributed by atoms with E-state index in [1.165, 1.54) is 5.69 Å². The summed E-state index contributed by atoms with van der Waals surface area (Å²) in [6.07, 6.45) is 3.11. The molecule has 2 aromatic rings. The zero-order valence-electron chi connectivity index (χ0n) is 16.5. The van der Waals surface area contributed by atoms with Crippen LogP contribution in [-0.4, -0.2) is 40.0 Å². The molecule has 0 radical (unpaired) electrons. The van der Waals surface area contributed by atoms with Crippen molar-refractivity contribution in [2.24, 2.45) is 0 Å². The van der Waals surface area contributed by atoms with Crippen LogP contribution in [0.3, 0.4) is 0 Å². The summed E-state index contributed by atoms with van der Waals surface area (Å²) >= 11 is 0. The van der Waals surface area contributed by atoms with E-state index in [1.807, 2.05) is 11.1 Å². The molecule has 0 saturated heterocycles. The van der Waals surface area contributed by atoms with Gasteiger partial charge in [0.05, 0.1) is 18.8 Å². The normalized spacial score (nSPS) is 14.0. The van der Waals surface area contributed by atoms with E-state index < -0.39 is 0 Å². The smallest absolute Gasteiger partial charge is 0.223 e. The van der Waals surface area contributed by atoms with E-state index in [-0.39, 0.29) is 30.1 Å². The lowest BCUT2D eigenvalue weighted by Gasteiger charge is -2.30. The summed E-state index contributed by atoms with van der Waals surface area (Å²) < 4.78 is 7.15. The van der Waals surface area contributed by atoms with Gasteiger partial charge < -0.3 is 9.64 Å². The molecule has 0 spiro atoms. The Bertz CT molecular complexity index is 831. The Balaban J connectivity index is 1.57. The number of methoxy groups -OCH3 is 1. The van der Waals surface area contributed by atoms with Gasteiger partial charge in [-0.3, -0.25) is 14.3 Å². The maximum absolute atomic E-state index is 12.6. The van der Waals surface area contributed by atoms with Crippen molar-refractivity contribution < 1.29 is 14.3 Å². The largest absolute Gasteiger partial charge is 0.497 e. The number of benzene rings is 1. The van der Waals surface area contributed by atoms with Crippen molar-refractivity contribution in [1.29, 1.82) is 0 Å². The Morgan fingerprint density at radius 3 is 2.48 bits per heavy atom. The van der Waals surface area contributed by atoms with Gasteiger partial charge >= 0.3 is 0 Å². The first-order valence-electron chi connectivity index (χ1n) is 9.31. The SMILES string of the molecule is COc1ccc(C(=O)CCC(=O)N2CCc3c(cnn3C(C)(C)C)C2)cc1. The average Bonchev–Trinajstić information content (AvgIpc) is 3.09. The molecule has 0 bridgehead atoms. The monoisotopic (exact) mass is 369 g/mol. The van der Waals surface area contributed by atoms with Crippen molar-refractivity contribution in [1.82, 2.24) is 14.7 Å². The van der Waals surface area contributed by atoms with Crippen LogP contribution in [-0.2, 0) is 23.3 Å². The van der Waals surface area contributed by atoms with E-state index in [2.05, 4.69) is 30.6 Å². The third-order valence-corrected chi connectivity index (χ3v) is 4.90. The molecule has 1 aromatic heterocycles. The highest BCUT2D eigenvalue weighted by Crippen LogP contribution is 2.25. The number of ether oxygens (including phenoxy) is 1. The van der Waals surface area contributed by atoms with Gasteiger partial charge in [0, 0.05) is 49.2 Å². The molecule has 6 nitrogen and oxygen atoms in total. The molecule has 1 amide bonds. The van der Waals surface area contributed by atoms with Crippen molar-refractivity contribution >= 4 is 11.7 Å². The molecule has 0 fully saturated rings. The fourth-order valence-electron chi connectivity index (χ4n) is 3.42. The fraction of sp³-hybridized carbons (Fsp3) is 0.476. The number of rotatable bonds is 5. The predicted octanol–water partition coefficient (Wildman–Crippen LogP) is 3.19. The lowest BCUT2D eigenvalue weighted by atomic mass is 10.0. The number of ketones is 1. The van der Waals surface area contributed by atoms with Gasteiger partial charge in [0.1, 0.15) is 5.75 Å². The molecule has 2 heterocycles. The maximum Gasteiger partial charge on any atom is 0.223 e. The van der Waals surface area contributed by atoms with E-state index >= 15 is 0 Å². The second-order valence-corrected chi connectivity index (χ2v) is 7.92. The molecule has 0 N–H and O–H groups in total. The Morgan fingerprint density at radius 2 is 1.85 bits per heavy atom. The minimum atomic E-state index is -0.0649. The Hall–Kier alpha value is -2.63. The summed E-state index contributed by atoms with van der Waals surface area (Å²) in [6.45, 7) is 7.62. The van der Waals surface area contributed by atoms with E-state index in [1.54, 1.807) is 31.4 Å². The van der Waals surface area contributed by atoms with Crippen molar-refractivity contribution in [3.63, 3.8) is 0 Å². The van der Waals surface area contributed by atoms with Crippen molar-refractivity contribution in [2.45, 2.75) is 52.1 Å². The number of amides is 1. The van der Waals surface area contributed by atoms with Crippen LogP contribution in [0, 0.1) is 0 Å². The van der Waals surface area contributed by atoms with Gasteiger partial charge in [0.2, 0.25) is 5.91 Å². The van der Waals surface area contributed by atoms with E-state index in [4.69, 9.17) is 4.74 Å². The zero-order valence-corrected chi connectivity index (χ0v) is 16.5. The van der Waals surface area contributed by atoms with Gasteiger partial charge in [-0.2, -0.15) is 5.10 Å². The molecule has 1 aliphatic heterocycles. The van der Waals surface area contributed by atoms with E-state index in [0.29, 0.717) is 24.4 Å². The molecule has 27 heavy (non-hydrogen) atoms. The van der Waals surface area contributed by atoms with Crippen molar-refractivity contribution in [3.8, 4) is 5.75 Å². The lowest BCUT2D eigenvalue weighted by molar-refractivity contribution is -0.132. The number of fused-ring (bicyclic) bond motifs is 1. The van der Waals surface area contributed by atoms with E-state index in [9.17, 15) is 9.59 Å². The minimum absolute atomic E-state index is 0.0195. The molecule has 0 unspecified atom stereocenters. The topological polar surface area (TPSA) is 64.4 Å². The maximum atomic E-state index is 12.6. The fourth-order valence-corrected chi connectivity index (χ4v) is 3.42. The quantitative estimate of drug-likeness (QED) is 0.759. The second kappa shape index (κ2) is 7.55. The molecule has 0 aliphatic carbocycles. The van der Waals surface area contributed by atoms with Crippen LogP contribution in [0.4, 0.5) is 0 Å². The Labute approximate surface area is 160 Å². The van der Waals surface area contributed by atoms with Crippen molar-refractivity contribution in [2.75, 3.05) is 13.7 Å². The number of hydrogen-bond donors (Lipinski definition) is 0. The zero-order chi connectivity index (χ0) is 19.6. The number of hydrogen-bond acceptors (Lipinski definition) is 4. The summed E-state index contributed by atoms with van der Waals surface area (Å²) in [4.78, 5) is 26.7. The highest BCUT2D eigenvalue weighted by atomic mass is 16.5. The average molecular weight is 369 g/mol. The van der Waals surface area contributed by atoms with Crippen LogP contribution in [0.1, 0.15) is 55.2 Å². The Morgan fingerprint density at radius 1 is 1.15 bits per heavy atom. The molecule has 6 heteroatoms. The van der Waals surface area contributed by atoms with Crippen LogP contribution < -0.4 is 4.74 Å². The molecule has 144 valence electrons. The predicted molar refractivity (Wildman–Crippen MR) is 103 cm³/mol. The molecule has 1 aromatic carbocycles. The van der Waals surface area contributed by atoms with Gasteiger partial charge in [-0.25, -0.2) is 0 Å². The lowest BCUT2D eigenvalue weighted by Crippen LogP contribution is -2.37. The van der Waals surface area contributed by atoms with Crippen LogP contribution in [0.2, 0.25) is 0 Å². The van der Waals surface area contributed by atoms with Crippen LogP contribution >= 0.6 is 0 Å². The van der Waals surface area contributed by atoms with Crippen LogP contribution in [0.5, 0.6) is 5.75 Å². The summed E-state index contributed by atoms with van der Waals surface area (Å²) in [7, 11) is 1.59. The first-order valence-corrected chi connectivity index (χ1v) is 9.31. The third-order valence-electron chi connectivity index (χ3n) is 4.90. The second-order valence-electron chi connectivity index (χ2n) is 7.92. The van der Waals surface area contributed by atoms with E-state index in [0.717, 1.165) is 12.0 Å². The third kappa shape index (κ3) is 4.21. The number of aromatic nitrogens is 2. The molecule has 0 saturated carbocycles. The minimum Gasteiger partial charge on any atom is -0.497 e. The summed E-state index contributed by atoms with van der Waals surface area (Å²) in [5.74, 6) is 0.706. The van der Waals surface area contributed by atoms with Crippen LogP contribution in [0.25, 0.3) is 0 Å². The molecular weight excluding hydrogens is 342 g/mol. The van der Waals surface area contributed by atoms with Gasteiger partial charge in [0.15, 0.2) is 5.78 Å². The first-order chi connectivity index (χ1) is 12.8. The highest BCUT2D eigenvalue weighted by Gasteiger charge is 2.27. The number of carbonyl (C=O) groups is 2. The number of Topliss-reactive ketones (excluding diaryl/α,β-unsaturated/α-hetero) is 1. The van der Waals surface area contributed by atoms with Gasteiger partial charge in [0.25, 0.3) is 0 Å². The first kappa shape index (κ1) is 19.1. The molecule has 0 atom stereocenters. The summed E-state index contributed by atoms with van der Waals surface area (Å²) in [5, 5.41) is 4.51. The summed E-state index contributed by atoms with van der Waals surface area (Å²) in [6, 6.07) is 6.99.